The van der Waals surface area contributed by atoms with Crippen LogP contribution in [0.5, 0.6) is 11.5 Å². The molecule has 0 amide bonds. The summed E-state index contributed by atoms with van der Waals surface area (Å²) in [5.74, 6) is 1.45. The molecule has 0 spiro atoms. The van der Waals surface area contributed by atoms with E-state index in [1.54, 1.807) is 7.11 Å². The fourth-order valence-corrected chi connectivity index (χ4v) is 2.12. The van der Waals surface area contributed by atoms with Gasteiger partial charge in [0.2, 0.25) is 0 Å². The number of nitrogens with one attached hydrogen (secondary N) is 1. The molecule has 0 aliphatic heterocycles. The van der Waals surface area contributed by atoms with Crippen molar-refractivity contribution < 1.29 is 9.47 Å². The van der Waals surface area contributed by atoms with Gasteiger partial charge < -0.3 is 14.8 Å². The maximum Gasteiger partial charge on any atom is 0.146 e. The first-order valence-electron chi connectivity index (χ1n) is 6.91. The summed E-state index contributed by atoms with van der Waals surface area (Å²) >= 11 is 6.27. The van der Waals surface area contributed by atoms with Gasteiger partial charge in [-0.25, -0.2) is 0 Å². The second-order valence-electron chi connectivity index (χ2n) is 4.85. The Bertz CT molecular complexity index is 570. The Hall–Kier alpha value is -1.55. The number of hydrogen-bond donors (Lipinski definition) is 1. The molecule has 0 aromatic heterocycles. The van der Waals surface area contributed by atoms with Gasteiger partial charge in [0.25, 0.3) is 0 Å². The minimum atomic E-state index is 0.613. The summed E-state index contributed by atoms with van der Waals surface area (Å²) in [7, 11) is 1.69. The van der Waals surface area contributed by atoms with Gasteiger partial charge in [-0.2, -0.15) is 0 Å². The number of methoxy groups -OCH3 is 1. The molecular weight excluding hydrogens is 286 g/mol. The van der Waals surface area contributed by atoms with Crippen LogP contribution in [-0.4, -0.2) is 20.3 Å². The molecule has 0 unspecified atom stereocenters. The standard InChI is InChI=1S/C17H20ClNO2/c1-13-3-6-15(7-4-13)21-17-8-5-14(11-16(17)18)12-19-9-10-20-2/h3-8,11,19H,9-10,12H2,1-2H3. The van der Waals surface area contributed by atoms with E-state index in [1.807, 2.05) is 49.4 Å². The molecule has 0 heterocycles. The molecule has 1 N–H and O–H groups in total. The molecule has 2 aromatic rings. The maximum absolute atomic E-state index is 6.27. The maximum atomic E-state index is 6.27. The van der Waals surface area contributed by atoms with Crippen LogP contribution >= 0.6 is 11.6 Å². The van der Waals surface area contributed by atoms with Crippen molar-refractivity contribution in [3.05, 3.63) is 58.6 Å². The molecule has 0 saturated carbocycles. The van der Waals surface area contributed by atoms with Crippen LogP contribution in [0.3, 0.4) is 0 Å². The Morgan fingerprint density at radius 1 is 1.10 bits per heavy atom. The fourth-order valence-electron chi connectivity index (χ4n) is 1.88. The zero-order valence-electron chi connectivity index (χ0n) is 12.4. The van der Waals surface area contributed by atoms with E-state index in [1.165, 1.54) is 5.56 Å². The molecule has 112 valence electrons. The second kappa shape index (κ2) is 8.03. The Morgan fingerprint density at radius 2 is 1.86 bits per heavy atom. The summed E-state index contributed by atoms with van der Waals surface area (Å²) in [6.07, 6.45) is 0. The number of aryl methyl sites for hydroxylation is 1. The lowest BCUT2D eigenvalue weighted by Gasteiger charge is -2.10. The highest BCUT2D eigenvalue weighted by molar-refractivity contribution is 6.32. The molecule has 21 heavy (non-hydrogen) atoms. The van der Waals surface area contributed by atoms with Gasteiger partial charge in [-0.1, -0.05) is 35.4 Å². The van der Waals surface area contributed by atoms with Gasteiger partial charge >= 0.3 is 0 Å². The van der Waals surface area contributed by atoms with Gasteiger partial charge in [0.1, 0.15) is 11.5 Å². The monoisotopic (exact) mass is 305 g/mol. The van der Waals surface area contributed by atoms with Crippen molar-refractivity contribution in [1.29, 1.82) is 0 Å². The number of halogens is 1. The highest BCUT2D eigenvalue weighted by Gasteiger charge is 2.04. The molecule has 0 aliphatic carbocycles. The SMILES string of the molecule is COCCNCc1ccc(Oc2ccc(C)cc2)c(Cl)c1. The summed E-state index contributed by atoms with van der Waals surface area (Å²) in [4.78, 5) is 0. The molecule has 3 nitrogen and oxygen atoms in total. The number of ether oxygens (including phenoxy) is 2. The van der Waals surface area contributed by atoms with Gasteiger partial charge in [0, 0.05) is 20.2 Å². The minimum Gasteiger partial charge on any atom is -0.456 e. The van der Waals surface area contributed by atoms with Gasteiger partial charge in [-0.15, -0.1) is 0 Å². The lowest BCUT2D eigenvalue weighted by molar-refractivity contribution is 0.199. The molecule has 0 aliphatic rings. The van der Waals surface area contributed by atoms with Crippen LogP contribution in [0.1, 0.15) is 11.1 Å². The largest absolute Gasteiger partial charge is 0.456 e. The molecule has 0 radical (unpaired) electrons. The third kappa shape index (κ3) is 5.05. The molecule has 2 aromatic carbocycles. The fraction of sp³-hybridized carbons (Fsp3) is 0.294. The van der Waals surface area contributed by atoms with Crippen molar-refractivity contribution in [2.45, 2.75) is 13.5 Å². The average Bonchev–Trinajstić information content (AvgIpc) is 2.48. The van der Waals surface area contributed by atoms with Crippen molar-refractivity contribution in [3.8, 4) is 11.5 Å². The molecule has 0 saturated heterocycles. The first-order valence-corrected chi connectivity index (χ1v) is 7.29. The molecule has 4 heteroatoms. The van der Waals surface area contributed by atoms with Crippen molar-refractivity contribution in [3.63, 3.8) is 0 Å². The van der Waals surface area contributed by atoms with Crippen LogP contribution in [0.4, 0.5) is 0 Å². The quantitative estimate of drug-likeness (QED) is 0.779. The van der Waals surface area contributed by atoms with Crippen LogP contribution in [-0.2, 0) is 11.3 Å². The van der Waals surface area contributed by atoms with E-state index in [-0.39, 0.29) is 0 Å². The molecule has 0 bridgehead atoms. The molecule has 0 fully saturated rings. The normalized spacial score (nSPS) is 10.6. The van der Waals surface area contributed by atoms with Crippen LogP contribution in [0.15, 0.2) is 42.5 Å². The highest BCUT2D eigenvalue weighted by atomic mass is 35.5. The van der Waals surface area contributed by atoms with Crippen LogP contribution in [0.25, 0.3) is 0 Å². The van der Waals surface area contributed by atoms with Gasteiger partial charge in [0.15, 0.2) is 0 Å². The summed E-state index contributed by atoms with van der Waals surface area (Å²) < 4.78 is 10.8. The third-order valence-corrected chi connectivity index (χ3v) is 3.35. The van der Waals surface area contributed by atoms with E-state index in [2.05, 4.69) is 5.32 Å². The summed E-state index contributed by atoms with van der Waals surface area (Å²) in [5.41, 5.74) is 2.32. The first-order chi connectivity index (χ1) is 10.2. The topological polar surface area (TPSA) is 30.5 Å². The summed E-state index contributed by atoms with van der Waals surface area (Å²) in [6, 6.07) is 13.7. The predicted molar refractivity (Wildman–Crippen MR) is 86.3 cm³/mol. The van der Waals surface area contributed by atoms with E-state index in [4.69, 9.17) is 21.1 Å². The lowest BCUT2D eigenvalue weighted by Crippen LogP contribution is -2.18. The Morgan fingerprint density at radius 3 is 2.52 bits per heavy atom. The Labute approximate surface area is 130 Å². The van der Waals surface area contributed by atoms with E-state index >= 15 is 0 Å². The van der Waals surface area contributed by atoms with Crippen molar-refractivity contribution in [2.24, 2.45) is 0 Å². The lowest BCUT2D eigenvalue weighted by atomic mass is 10.2. The molecular formula is C17H20ClNO2. The van der Waals surface area contributed by atoms with Crippen LogP contribution in [0.2, 0.25) is 5.02 Å². The number of rotatable bonds is 7. The van der Waals surface area contributed by atoms with E-state index in [0.29, 0.717) is 17.4 Å². The number of benzene rings is 2. The highest BCUT2D eigenvalue weighted by Crippen LogP contribution is 2.30. The zero-order valence-corrected chi connectivity index (χ0v) is 13.1. The third-order valence-electron chi connectivity index (χ3n) is 3.06. The van der Waals surface area contributed by atoms with E-state index in [9.17, 15) is 0 Å². The number of hydrogen-bond acceptors (Lipinski definition) is 3. The van der Waals surface area contributed by atoms with Crippen molar-refractivity contribution >= 4 is 11.6 Å². The molecule has 0 atom stereocenters. The predicted octanol–water partition coefficient (Wildman–Crippen LogP) is 4.18. The van der Waals surface area contributed by atoms with Gasteiger partial charge in [-0.3, -0.25) is 0 Å². The van der Waals surface area contributed by atoms with E-state index in [0.717, 1.165) is 24.4 Å². The summed E-state index contributed by atoms with van der Waals surface area (Å²) in [6.45, 7) is 4.31. The second-order valence-corrected chi connectivity index (χ2v) is 5.26. The van der Waals surface area contributed by atoms with Gasteiger partial charge in [0.05, 0.1) is 11.6 Å². The molecule has 2 rings (SSSR count). The Kier molecular flexibility index (Phi) is 6.05. The first kappa shape index (κ1) is 15.8. The minimum absolute atomic E-state index is 0.613. The average molecular weight is 306 g/mol. The van der Waals surface area contributed by atoms with E-state index < -0.39 is 0 Å². The summed E-state index contributed by atoms with van der Waals surface area (Å²) in [5, 5.41) is 3.89. The van der Waals surface area contributed by atoms with Crippen LogP contribution < -0.4 is 10.1 Å². The van der Waals surface area contributed by atoms with Crippen LogP contribution in [0, 0.1) is 6.92 Å². The van der Waals surface area contributed by atoms with Crippen molar-refractivity contribution in [1.82, 2.24) is 5.32 Å². The van der Waals surface area contributed by atoms with Gasteiger partial charge in [-0.05, 0) is 36.8 Å². The Balaban J connectivity index is 1.97. The smallest absolute Gasteiger partial charge is 0.146 e. The van der Waals surface area contributed by atoms with Crippen molar-refractivity contribution in [2.75, 3.05) is 20.3 Å². The zero-order chi connectivity index (χ0) is 15.1.